The van der Waals surface area contributed by atoms with Gasteiger partial charge < -0.3 is 10.6 Å². The summed E-state index contributed by atoms with van der Waals surface area (Å²) in [6.07, 6.45) is 3.85. The predicted molar refractivity (Wildman–Crippen MR) is 78.1 cm³/mol. The molecule has 1 heterocycles. The molecule has 1 aromatic heterocycles. The summed E-state index contributed by atoms with van der Waals surface area (Å²) in [6.45, 7) is 12.8. The summed E-state index contributed by atoms with van der Waals surface area (Å²) in [5.74, 6) is 1.87. The Kier molecular flexibility index (Phi) is 5.38. The van der Waals surface area contributed by atoms with Crippen LogP contribution in [-0.4, -0.2) is 23.1 Å². The molecule has 0 aromatic carbocycles. The van der Waals surface area contributed by atoms with E-state index < -0.39 is 0 Å². The standard InChI is InChI=1S/C14H26N4/c1-6-8-15-12-11(3)13(18-10-17-12)16-9-14(4,5)7-2/h10H,6-9H2,1-5H3,(H2,15,16,17,18). The Balaban J connectivity index is 2.71. The van der Waals surface area contributed by atoms with E-state index in [0.717, 1.165) is 43.1 Å². The Hall–Kier alpha value is -1.32. The minimum Gasteiger partial charge on any atom is -0.370 e. The monoisotopic (exact) mass is 250 g/mol. The maximum Gasteiger partial charge on any atom is 0.134 e. The van der Waals surface area contributed by atoms with Crippen molar-refractivity contribution in [3.63, 3.8) is 0 Å². The molecule has 0 saturated heterocycles. The van der Waals surface area contributed by atoms with Crippen molar-refractivity contribution in [3.8, 4) is 0 Å². The number of hydrogen-bond donors (Lipinski definition) is 2. The van der Waals surface area contributed by atoms with Gasteiger partial charge in [0.1, 0.15) is 18.0 Å². The second-order valence-electron chi connectivity index (χ2n) is 5.49. The summed E-state index contributed by atoms with van der Waals surface area (Å²) >= 11 is 0. The third-order valence-electron chi connectivity index (χ3n) is 3.32. The smallest absolute Gasteiger partial charge is 0.134 e. The molecule has 2 N–H and O–H groups in total. The van der Waals surface area contributed by atoms with Crippen LogP contribution >= 0.6 is 0 Å². The highest BCUT2D eigenvalue weighted by atomic mass is 15.1. The zero-order valence-corrected chi connectivity index (χ0v) is 12.3. The van der Waals surface area contributed by atoms with Crippen LogP contribution in [0.5, 0.6) is 0 Å². The second-order valence-corrected chi connectivity index (χ2v) is 5.49. The van der Waals surface area contributed by atoms with Gasteiger partial charge in [0.05, 0.1) is 0 Å². The molecule has 18 heavy (non-hydrogen) atoms. The molecular weight excluding hydrogens is 224 g/mol. The number of nitrogens with one attached hydrogen (secondary N) is 2. The Labute approximate surface area is 111 Å². The van der Waals surface area contributed by atoms with Gasteiger partial charge in [0, 0.05) is 18.7 Å². The van der Waals surface area contributed by atoms with Crippen LogP contribution in [0.4, 0.5) is 11.6 Å². The molecule has 1 rings (SSSR count). The summed E-state index contributed by atoms with van der Waals surface area (Å²) in [7, 11) is 0. The lowest BCUT2D eigenvalue weighted by atomic mass is 9.90. The number of aromatic nitrogens is 2. The second kappa shape index (κ2) is 6.57. The van der Waals surface area contributed by atoms with Gasteiger partial charge in [-0.1, -0.05) is 27.7 Å². The van der Waals surface area contributed by atoms with Gasteiger partial charge in [0.25, 0.3) is 0 Å². The lowest BCUT2D eigenvalue weighted by Crippen LogP contribution is -2.23. The van der Waals surface area contributed by atoms with Crippen LogP contribution in [0.15, 0.2) is 6.33 Å². The van der Waals surface area contributed by atoms with E-state index in [0.29, 0.717) is 0 Å². The maximum atomic E-state index is 4.32. The molecule has 4 nitrogen and oxygen atoms in total. The van der Waals surface area contributed by atoms with Crippen molar-refractivity contribution in [3.05, 3.63) is 11.9 Å². The molecule has 102 valence electrons. The maximum absolute atomic E-state index is 4.32. The fraction of sp³-hybridized carbons (Fsp3) is 0.714. The van der Waals surface area contributed by atoms with Gasteiger partial charge in [-0.2, -0.15) is 0 Å². The van der Waals surface area contributed by atoms with E-state index in [1.165, 1.54) is 0 Å². The molecule has 4 heteroatoms. The van der Waals surface area contributed by atoms with E-state index in [9.17, 15) is 0 Å². The first-order valence-electron chi connectivity index (χ1n) is 6.79. The minimum atomic E-state index is 0.286. The summed E-state index contributed by atoms with van der Waals surface area (Å²) in [6, 6.07) is 0. The summed E-state index contributed by atoms with van der Waals surface area (Å²) < 4.78 is 0. The quantitative estimate of drug-likeness (QED) is 0.778. The number of anilines is 2. The van der Waals surface area contributed by atoms with Crippen molar-refractivity contribution in [2.24, 2.45) is 5.41 Å². The number of nitrogens with zero attached hydrogens (tertiary/aromatic N) is 2. The third-order valence-corrected chi connectivity index (χ3v) is 3.32. The average molecular weight is 250 g/mol. The van der Waals surface area contributed by atoms with E-state index in [2.05, 4.69) is 55.2 Å². The Morgan fingerprint density at radius 1 is 1.11 bits per heavy atom. The van der Waals surface area contributed by atoms with Crippen molar-refractivity contribution in [2.45, 2.75) is 47.5 Å². The first-order chi connectivity index (χ1) is 8.50. The van der Waals surface area contributed by atoms with Crippen molar-refractivity contribution in [1.29, 1.82) is 0 Å². The molecule has 0 radical (unpaired) electrons. The highest BCUT2D eigenvalue weighted by Gasteiger charge is 2.16. The molecule has 1 aromatic rings. The van der Waals surface area contributed by atoms with E-state index in [-0.39, 0.29) is 5.41 Å². The fourth-order valence-electron chi connectivity index (χ4n) is 1.50. The largest absolute Gasteiger partial charge is 0.370 e. The summed E-state index contributed by atoms with van der Waals surface area (Å²) in [5, 5.41) is 6.75. The molecular formula is C14H26N4. The van der Waals surface area contributed by atoms with Crippen LogP contribution in [0.3, 0.4) is 0 Å². The van der Waals surface area contributed by atoms with E-state index >= 15 is 0 Å². The Morgan fingerprint density at radius 2 is 1.72 bits per heavy atom. The first-order valence-corrected chi connectivity index (χ1v) is 6.79. The highest BCUT2D eigenvalue weighted by Crippen LogP contribution is 2.23. The van der Waals surface area contributed by atoms with Crippen LogP contribution in [0.25, 0.3) is 0 Å². The van der Waals surface area contributed by atoms with Crippen molar-refractivity contribution >= 4 is 11.6 Å². The average Bonchev–Trinajstić information content (AvgIpc) is 2.36. The number of rotatable bonds is 7. The lowest BCUT2D eigenvalue weighted by Gasteiger charge is -2.24. The van der Waals surface area contributed by atoms with Crippen LogP contribution < -0.4 is 10.6 Å². The number of hydrogen-bond acceptors (Lipinski definition) is 4. The fourth-order valence-corrected chi connectivity index (χ4v) is 1.50. The minimum absolute atomic E-state index is 0.286. The van der Waals surface area contributed by atoms with Gasteiger partial charge in [-0.05, 0) is 25.2 Å². The molecule has 0 amide bonds. The molecule has 0 bridgehead atoms. The lowest BCUT2D eigenvalue weighted by molar-refractivity contribution is 0.376. The first kappa shape index (κ1) is 14.7. The normalized spacial score (nSPS) is 11.4. The summed E-state index contributed by atoms with van der Waals surface area (Å²) in [5.41, 5.74) is 1.38. The molecule has 0 aliphatic rings. The van der Waals surface area contributed by atoms with Crippen LogP contribution in [0, 0.1) is 12.3 Å². The van der Waals surface area contributed by atoms with Gasteiger partial charge >= 0.3 is 0 Å². The van der Waals surface area contributed by atoms with Gasteiger partial charge in [-0.15, -0.1) is 0 Å². The highest BCUT2D eigenvalue weighted by molar-refractivity contribution is 5.56. The van der Waals surface area contributed by atoms with E-state index in [1.807, 2.05) is 0 Å². The predicted octanol–water partition coefficient (Wildman–Crippen LogP) is 3.46. The van der Waals surface area contributed by atoms with Gasteiger partial charge in [-0.25, -0.2) is 9.97 Å². The van der Waals surface area contributed by atoms with Gasteiger partial charge in [-0.3, -0.25) is 0 Å². The van der Waals surface area contributed by atoms with Crippen LogP contribution in [-0.2, 0) is 0 Å². The third kappa shape index (κ3) is 4.17. The topological polar surface area (TPSA) is 49.8 Å². The molecule has 0 aliphatic heterocycles. The molecule has 0 atom stereocenters. The summed E-state index contributed by atoms with van der Waals surface area (Å²) in [4.78, 5) is 8.60. The Bertz CT molecular complexity index is 374. The molecule has 0 unspecified atom stereocenters. The van der Waals surface area contributed by atoms with Crippen LogP contribution in [0.1, 0.15) is 46.1 Å². The van der Waals surface area contributed by atoms with Crippen molar-refractivity contribution in [2.75, 3.05) is 23.7 Å². The molecule has 0 saturated carbocycles. The molecule has 0 fully saturated rings. The molecule has 0 spiro atoms. The van der Waals surface area contributed by atoms with Crippen molar-refractivity contribution < 1.29 is 0 Å². The van der Waals surface area contributed by atoms with Gasteiger partial charge in [0.2, 0.25) is 0 Å². The van der Waals surface area contributed by atoms with E-state index in [4.69, 9.17) is 0 Å². The van der Waals surface area contributed by atoms with Crippen molar-refractivity contribution in [1.82, 2.24) is 9.97 Å². The zero-order valence-electron chi connectivity index (χ0n) is 12.3. The van der Waals surface area contributed by atoms with Gasteiger partial charge in [0.15, 0.2) is 0 Å². The molecule has 0 aliphatic carbocycles. The Morgan fingerprint density at radius 3 is 2.28 bits per heavy atom. The van der Waals surface area contributed by atoms with Crippen LogP contribution in [0.2, 0.25) is 0 Å². The van der Waals surface area contributed by atoms with E-state index in [1.54, 1.807) is 6.33 Å². The SMILES string of the molecule is CCCNc1ncnc(NCC(C)(C)CC)c1C. The zero-order chi connectivity index (χ0) is 13.6.